The van der Waals surface area contributed by atoms with Crippen LogP contribution in [0.5, 0.6) is 0 Å². The molecule has 3 aromatic rings. The van der Waals surface area contributed by atoms with Gasteiger partial charge in [-0.2, -0.15) is 0 Å². The predicted octanol–water partition coefficient (Wildman–Crippen LogP) is 3.39. The number of para-hydroxylation sites is 2. The lowest BCUT2D eigenvalue weighted by atomic mass is 10.2. The lowest BCUT2D eigenvalue weighted by molar-refractivity contribution is 0.102. The Hall–Kier alpha value is -2.71. The number of fused-ring (bicyclic) bond motifs is 1. The Morgan fingerprint density at radius 2 is 1.79 bits per heavy atom. The molecule has 0 radical (unpaired) electrons. The van der Waals surface area contributed by atoms with E-state index in [1.165, 1.54) is 24.3 Å². The number of imidazole rings is 1. The SMILES string of the molecule is CCCn1c(NC(=O)c2ccc(S(=O)(=O)NC(C)C)cc2)nc2ccccc21. The van der Waals surface area contributed by atoms with E-state index in [0.717, 1.165) is 24.0 Å². The maximum atomic E-state index is 12.7. The quantitative estimate of drug-likeness (QED) is 0.636. The first-order valence-electron chi connectivity index (χ1n) is 9.21. The molecule has 0 unspecified atom stereocenters. The molecule has 1 heterocycles. The maximum absolute atomic E-state index is 12.7. The fourth-order valence-corrected chi connectivity index (χ4v) is 4.21. The minimum atomic E-state index is -3.59. The molecule has 0 spiro atoms. The molecule has 0 saturated heterocycles. The van der Waals surface area contributed by atoms with Gasteiger partial charge in [-0.05, 0) is 56.7 Å². The number of amides is 1. The van der Waals surface area contributed by atoms with E-state index in [9.17, 15) is 13.2 Å². The van der Waals surface area contributed by atoms with Crippen molar-refractivity contribution >= 4 is 32.9 Å². The van der Waals surface area contributed by atoms with Crippen LogP contribution in [0.3, 0.4) is 0 Å². The van der Waals surface area contributed by atoms with Crippen LogP contribution in [0.15, 0.2) is 53.4 Å². The number of carbonyl (C=O) groups is 1. The standard InChI is InChI=1S/C20H24N4O3S/c1-4-13-24-18-8-6-5-7-17(18)21-20(24)22-19(25)15-9-11-16(12-10-15)28(26,27)23-14(2)3/h5-12,14,23H,4,13H2,1-3H3,(H,21,22,25). The average Bonchev–Trinajstić information content (AvgIpc) is 2.98. The minimum absolute atomic E-state index is 0.121. The smallest absolute Gasteiger partial charge is 0.257 e. The van der Waals surface area contributed by atoms with Crippen LogP contribution in [0.25, 0.3) is 11.0 Å². The summed E-state index contributed by atoms with van der Waals surface area (Å²) in [7, 11) is -3.59. The monoisotopic (exact) mass is 400 g/mol. The summed E-state index contributed by atoms with van der Waals surface area (Å²) < 4.78 is 28.9. The largest absolute Gasteiger partial charge is 0.310 e. The summed E-state index contributed by atoms with van der Waals surface area (Å²) in [6, 6.07) is 13.3. The normalized spacial score (nSPS) is 11.9. The lowest BCUT2D eigenvalue weighted by Gasteiger charge is -2.11. The minimum Gasteiger partial charge on any atom is -0.310 e. The molecule has 3 rings (SSSR count). The maximum Gasteiger partial charge on any atom is 0.257 e. The number of anilines is 1. The summed E-state index contributed by atoms with van der Waals surface area (Å²) in [4.78, 5) is 17.3. The van der Waals surface area contributed by atoms with Crippen molar-refractivity contribution in [2.24, 2.45) is 0 Å². The molecule has 148 valence electrons. The van der Waals surface area contributed by atoms with Gasteiger partial charge in [-0.15, -0.1) is 0 Å². The Morgan fingerprint density at radius 3 is 2.43 bits per heavy atom. The van der Waals surface area contributed by atoms with Gasteiger partial charge in [0.05, 0.1) is 15.9 Å². The first-order valence-corrected chi connectivity index (χ1v) is 10.7. The summed E-state index contributed by atoms with van der Waals surface area (Å²) in [5, 5.41) is 2.84. The molecule has 0 fully saturated rings. The van der Waals surface area contributed by atoms with E-state index in [2.05, 4.69) is 21.9 Å². The Labute approximate surface area is 164 Å². The average molecular weight is 401 g/mol. The molecule has 2 aromatic carbocycles. The Kier molecular flexibility index (Phi) is 5.81. The van der Waals surface area contributed by atoms with Crippen LogP contribution in [0, 0.1) is 0 Å². The van der Waals surface area contributed by atoms with Gasteiger partial charge in [-0.1, -0.05) is 19.1 Å². The third-order valence-electron chi connectivity index (χ3n) is 4.14. The van der Waals surface area contributed by atoms with E-state index in [0.29, 0.717) is 11.5 Å². The molecule has 0 aliphatic rings. The van der Waals surface area contributed by atoms with Crippen LogP contribution in [0.1, 0.15) is 37.6 Å². The number of nitrogens with zero attached hydrogens (tertiary/aromatic N) is 2. The molecule has 28 heavy (non-hydrogen) atoms. The summed E-state index contributed by atoms with van der Waals surface area (Å²) in [6.07, 6.45) is 0.901. The van der Waals surface area contributed by atoms with E-state index in [-0.39, 0.29) is 16.8 Å². The van der Waals surface area contributed by atoms with E-state index in [1.807, 2.05) is 28.8 Å². The van der Waals surface area contributed by atoms with E-state index >= 15 is 0 Å². The Bertz CT molecular complexity index is 1090. The number of benzene rings is 2. The van der Waals surface area contributed by atoms with Gasteiger partial charge < -0.3 is 4.57 Å². The van der Waals surface area contributed by atoms with Gasteiger partial charge in [0.2, 0.25) is 16.0 Å². The first-order chi connectivity index (χ1) is 13.3. The van der Waals surface area contributed by atoms with Crippen LogP contribution in [-0.2, 0) is 16.6 Å². The molecule has 0 atom stereocenters. The summed E-state index contributed by atoms with van der Waals surface area (Å²) in [5.74, 6) is 0.139. The fraction of sp³-hybridized carbons (Fsp3) is 0.300. The van der Waals surface area contributed by atoms with Crippen molar-refractivity contribution in [3.63, 3.8) is 0 Å². The predicted molar refractivity (Wildman–Crippen MR) is 110 cm³/mol. The second-order valence-electron chi connectivity index (χ2n) is 6.83. The molecule has 0 aliphatic heterocycles. The van der Waals surface area contributed by atoms with Crippen molar-refractivity contribution in [3.05, 3.63) is 54.1 Å². The van der Waals surface area contributed by atoms with Crippen molar-refractivity contribution in [2.75, 3.05) is 5.32 Å². The third-order valence-corrected chi connectivity index (χ3v) is 5.82. The van der Waals surface area contributed by atoms with Crippen molar-refractivity contribution < 1.29 is 13.2 Å². The Balaban J connectivity index is 1.84. The number of hydrogen-bond acceptors (Lipinski definition) is 4. The van der Waals surface area contributed by atoms with E-state index in [4.69, 9.17) is 0 Å². The Morgan fingerprint density at radius 1 is 1.11 bits per heavy atom. The highest BCUT2D eigenvalue weighted by Gasteiger charge is 2.17. The molecule has 0 aliphatic carbocycles. The molecule has 8 heteroatoms. The molecule has 1 amide bonds. The van der Waals surface area contributed by atoms with Gasteiger partial charge in [0, 0.05) is 18.2 Å². The zero-order chi connectivity index (χ0) is 20.3. The van der Waals surface area contributed by atoms with Crippen LogP contribution in [0.2, 0.25) is 0 Å². The van der Waals surface area contributed by atoms with Gasteiger partial charge in [-0.3, -0.25) is 10.1 Å². The van der Waals surface area contributed by atoms with Crippen LogP contribution in [-0.4, -0.2) is 29.9 Å². The number of sulfonamides is 1. The van der Waals surface area contributed by atoms with Gasteiger partial charge in [0.1, 0.15) is 0 Å². The number of aromatic nitrogens is 2. The lowest BCUT2D eigenvalue weighted by Crippen LogP contribution is -2.30. The molecule has 1 aromatic heterocycles. The van der Waals surface area contributed by atoms with Crippen molar-refractivity contribution in [3.8, 4) is 0 Å². The second-order valence-corrected chi connectivity index (χ2v) is 8.54. The highest BCUT2D eigenvalue weighted by molar-refractivity contribution is 7.89. The zero-order valence-corrected chi connectivity index (χ0v) is 17.0. The molecular formula is C20H24N4O3S. The number of carbonyl (C=O) groups excluding carboxylic acids is 1. The first kappa shape index (κ1) is 20.0. The molecule has 0 bridgehead atoms. The van der Waals surface area contributed by atoms with Gasteiger partial charge >= 0.3 is 0 Å². The fourth-order valence-electron chi connectivity index (χ4n) is 2.96. The van der Waals surface area contributed by atoms with Gasteiger partial charge in [0.15, 0.2) is 0 Å². The van der Waals surface area contributed by atoms with Crippen LogP contribution < -0.4 is 10.0 Å². The zero-order valence-electron chi connectivity index (χ0n) is 16.1. The number of rotatable bonds is 7. The highest BCUT2D eigenvalue weighted by Crippen LogP contribution is 2.21. The summed E-state index contributed by atoms with van der Waals surface area (Å²) in [6.45, 7) is 6.29. The van der Waals surface area contributed by atoms with Crippen molar-refractivity contribution in [1.29, 1.82) is 0 Å². The van der Waals surface area contributed by atoms with Gasteiger partial charge in [0.25, 0.3) is 5.91 Å². The topological polar surface area (TPSA) is 93.1 Å². The summed E-state index contributed by atoms with van der Waals surface area (Å²) in [5.41, 5.74) is 2.13. The summed E-state index contributed by atoms with van der Waals surface area (Å²) >= 11 is 0. The van der Waals surface area contributed by atoms with Crippen LogP contribution in [0.4, 0.5) is 5.95 Å². The molecule has 2 N–H and O–H groups in total. The number of hydrogen-bond donors (Lipinski definition) is 2. The highest BCUT2D eigenvalue weighted by atomic mass is 32.2. The molecule has 7 nitrogen and oxygen atoms in total. The number of nitrogens with one attached hydrogen (secondary N) is 2. The van der Waals surface area contributed by atoms with E-state index in [1.54, 1.807) is 13.8 Å². The number of aryl methyl sites for hydroxylation is 1. The third kappa shape index (κ3) is 4.23. The molecule has 0 saturated carbocycles. The second kappa shape index (κ2) is 8.12. The van der Waals surface area contributed by atoms with E-state index < -0.39 is 10.0 Å². The van der Waals surface area contributed by atoms with Crippen molar-refractivity contribution in [1.82, 2.24) is 14.3 Å². The van der Waals surface area contributed by atoms with Crippen LogP contribution >= 0.6 is 0 Å². The van der Waals surface area contributed by atoms with Gasteiger partial charge in [-0.25, -0.2) is 18.1 Å². The van der Waals surface area contributed by atoms with Crippen molar-refractivity contribution in [2.45, 2.75) is 44.7 Å². The molecular weight excluding hydrogens is 376 g/mol.